The van der Waals surface area contributed by atoms with Crippen molar-refractivity contribution in [3.8, 4) is 0 Å². The van der Waals surface area contributed by atoms with Gasteiger partial charge in [0.25, 0.3) is 0 Å². The van der Waals surface area contributed by atoms with Gasteiger partial charge < -0.3 is 15.0 Å². The van der Waals surface area contributed by atoms with Gasteiger partial charge in [-0.05, 0) is 37.8 Å². The maximum absolute atomic E-state index is 5.06. The summed E-state index contributed by atoms with van der Waals surface area (Å²) in [5, 5.41) is 11.8. The van der Waals surface area contributed by atoms with Crippen LogP contribution in [0.25, 0.3) is 0 Å². The van der Waals surface area contributed by atoms with Crippen molar-refractivity contribution >= 4 is 5.82 Å². The number of hydrogen-bond donors (Lipinski definition) is 1. The van der Waals surface area contributed by atoms with Crippen molar-refractivity contribution in [2.24, 2.45) is 0 Å². The fourth-order valence-corrected chi connectivity index (χ4v) is 2.55. The average Bonchev–Trinajstić information content (AvgIpc) is 2.44. The molecule has 0 bridgehead atoms. The van der Waals surface area contributed by atoms with Gasteiger partial charge in [0.1, 0.15) is 0 Å². The molecule has 1 aromatic heterocycles. The molecule has 1 fully saturated rings. The highest BCUT2D eigenvalue weighted by Crippen LogP contribution is 2.22. The second-order valence-electron chi connectivity index (χ2n) is 5.13. The van der Waals surface area contributed by atoms with Crippen LogP contribution in [0.3, 0.4) is 0 Å². The molecule has 1 aromatic rings. The molecule has 0 saturated carbocycles. The summed E-state index contributed by atoms with van der Waals surface area (Å²) in [6, 6.07) is 2.64. The van der Waals surface area contributed by atoms with E-state index in [1.54, 1.807) is 13.3 Å². The van der Waals surface area contributed by atoms with E-state index in [1.807, 2.05) is 0 Å². The van der Waals surface area contributed by atoms with Crippen molar-refractivity contribution in [3.05, 3.63) is 17.8 Å². The lowest BCUT2D eigenvalue weighted by Crippen LogP contribution is -2.46. The SMILES string of the molecule is COCCNCC1CCCCN1c1cc(C)cnn1. The van der Waals surface area contributed by atoms with Crippen LogP contribution in [0.15, 0.2) is 12.3 Å². The number of hydrogen-bond acceptors (Lipinski definition) is 5. The van der Waals surface area contributed by atoms with E-state index in [1.165, 1.54) is 24.8 Å². The Morgan fingerprint density at radius 2 is 2.37 bits per heavy atom. The number of aromatic nitrogens is 2. The van der Waals surface area contributed by atoms with E-state index in [2.05, 4.69) is 33.4 Å². The summed E-state index contributed by atoms with van der Waals surface area (Å²) >= 11 is 0. The van der Waals surface area contributed by atoms with E-state index in [4.69, 9.17) is 4.74 Å². The van der Waals surface area contributed by atoms with Gasteiger partial charge in [-0.3, -0.25) is 0 Å². The summed E-state index contributed by atoms with van der Waals surface area (Å²) in [6.45, 7) is 5.79. The Hall–Kier alpha value is -1.20. The lowest BCUT2D eigenvalue weighted by molar-refractivity contribution is 0.198. The van der Waals surface area contributed by atoms with Gasteiger partial charge in [0.15, 0.2) is 5.82 Å². The summed E-state index contributed by atoms with van der Waals surface area (Å²) in [5.41, 5.74) is 1.17. The van der Waals surface area contributed by atoms with Crippen molar-refractivity contribution < 1.29 is 4.74 Å². The largest absolute Gasteiger partial charge is 0.383 e. The summed E-state index contributed by atoms with van der Waals surface area (Å²) in [6.07, 6.45) is 5.56. The van der Waals surface area contributed by atoms with E-state index < -0.39 is 0 Å². The molecule has 0 aliphatic carbocycles. The minimum absolute atomic E-state index is 0.515. The van der Waals surface area contributed by atoms with Crippen molar-refractivity contribution in [1.29, 1.82) is 0 Å². The molecule has 2 rings (SSSR count). The third kappa shape index (κ3) is 4.14. The molecule has 0 spiro atoms. The Morgan fingerprint density at radius 1 is 1.47 bits per heavy atom. The van der Waals surface area contributed by atoms with Gasteiger partial charge in [-0.25, -0.2) is 0 Å². The van der Waals surface area contributed by atoms with Crippen molar-refractivity contribution in [2.45, 2.75) is 32.2 Å². The predicted octanol–water partition coefficient (Wildman–Crippen LogP) is 1.38. The maximum atomic E-state index is 5.06. The first-order chi connectivity index (χ1) is 9.31. The summed E-state index contributed by atoms with van der Waals surface area (Å²) < 4.78 is 5.06. The van der Waals surface area contributed by atoms with Crippen LogP contribution >= 0.6 is 0 Å². The molecule has 0 aromatic carbocycles. The topological polar surface area (TPSA) is 50.3 Å². The third-order valence-electron chi connectivity index (χ3n) is 3.56. The number of nitrogens with zero attached hydrogens (tertiary/aromatic N) is 3. The second-order valence-corrected chi connectivity index (χ2v) is 5.13. The summed E-state index contributed by atoms with van der Waals surface area (Å²) in [4.78, 5) is 2.39. The Kier molecular flexibility index (Phi) is 5.54. The molecule has 1 unspecified atom stereocenters. The number of anilines is 1. The Morgan fingerprint density at radius 3 is 3.16 bits per heavy atom. The number of rotatable bonds is 6. The molecule has 5 nitrogen and oxygen atoms in total. The van der Waals surface area contributed by atoms with Gasteiger partial charge in [-0.1, -0.05) is 0 Å². The van der Waals surface area contributed by atoms with Crippen LogP contribution < -0.4 is 10.2 Å². The lowest BCUT2D eigenvalue weighted by Gasteiger charge is -2.36. The monoisotopic (exact) mass is 264 g/mol. The molecule has 1 N–H and O–H groups in total. The first-order valence-corrected chi connectivity index (χ1v) is 7.07. The minimum Gasteiger partial charge on any atom is -0.383 e. The van der Waals surface area contributed by atoms with E-state index >= 15 is 0 Å². The number of aryl methyl sites for hydroxylation is 1. The number of piperidine rings is 1. The highest BCUT2D eigenvalue weighted by molar-refractivity contribution is 5.41. The molecule has 2 heterocycles. The van der Waals surface area contributed by atoms with Crippen molar-refractivity contribution in [3.63, 3.8) is 0 Å². The van der Waals surface area contributed by atoms with E-state index in [9.17, 15) is 0 Å². The van der Waals surface area contributed by atoms with Crippen LogP contribution in [-0.2, 0) is 4.74 Å². The summed E-state index contributed by atoms with van der Waals surface area (Å²) in [7, 11) is 1.73. The molecular weight excluding hydrogens is 240 g/mol. The first kappa shape index (κ1) is 14.2. The second kappa shape index (κ2) is 7.40. The van der Waals surface area contributed by atoms with E-state index in [-0.39, 0.29) is 0 Å². The van der Waals surface area contributed by atoms with Crippen LogP contribution in [0.1, 0.15) is 24.8 Å². The smallest absolute Gasteiger partial charge is 0.151 e. The van der Waals surface area contributed by atoms with Crippen molar-refractivity contribution in [1.82, 2.24) is 15.5 Å². The highest BCUT2D eigenvalue weighted by atomic mass is 16.5. The van der Waals surface area contributed by atoms with Crippen LogP contribution in [0, 0.1) is 6.92 Å². The van der Waals surface area contributed by atoms with Gasteiger partial charge in [-0.2, -0.15) is 5.10 Å². The summed E-state index contributed by atoms with van der Waals surface area (Å²) in [5.74, 6) is 1.01. The highest BCUT2D eigenvalue weighted by Gasteiger charge is 2.23. The zero-order valence-electron chi connectivity index (χ0n) is 11.9. The molecule has 5 heteroatoms. The van der Waals surface area contributed by atoms with Gasteiger partial charge >= 0.3 is 0 Å². The molecule has 1 aliphatic heterocycles. The fraction of sp³-hybridized carbons (Fsp3) is 0.714. The van der Waals surface area contributed by atoms with E-state index in [0.29, 0.717) is 6.04 Å². The maximum Gasteiger partial charge on any atom is 0.151 e. The molecular formula is C14H24N4O. The quantitative estimate of drug-likeness (QED) is 0.787. The lowest BCUT2D eigenvalue weighted by atomic mass is 10.0. The molecule has 0 amide bonds. The predicted molar refractivity (Wildman–Crippen MR) is 76.5 cm³/mol. The molecule has 1 saturated heterocycles. The molecule has 1 atom stereocenters. The third-order valence-corrected chi connectivity index (χ3v) is 3.56. The van der Waals surface area contributed by atoms with Crippen LogP contribution in [-0.4, -0.2) is 49.6 Å². The number of ether oxygens (including phenoxy) is 1. The minimum atomic E-state index is 0.515. The van der Waals surface area contributed by atoms with Crippen LogP contribution in [0.5, 0.6) is 0 Å². The Bertz CT molecular complexity index is 385. The molecule has 1 aliphatic rings. The normalized spacial score (nSPS) is 19.7. The Labute approximate surface area is 115 Å². The Balaban J connectivity index is 1.95. The van der Waals surface area contributed by atoms with Gasteiger partial charge in [0.05, 0.1) is 12.8 Å². The van der Waals surface area contributed by atoms with Gasteiger partial charge in [-0.15, -0.1) is 5.10 Å². The number of nitrogens with one attached hydrogen (secondary N) is 1. The first-order valence-electron chi connectivity index (χ1n) is 7.07. The van der Waals surface area contributed by atoms with E-state index in [0.717, 1.165) is 32.1 Å². The van der Waals surface area contributed by atoms with Gasteiger partial charge in [0.2, 0.25) is 0 Å². The zero-order chi connectivity index (χ0) is 13.5. The zero-order valence-corrected chi connectivity index (χ0v) is 11.9. The molecule has 0 radical (unpaired) electrons. The van der Waals surface area contributed by atoms with Gasteiger partial charge in [0, 0.05) is 32.8 Å². The van der Waals surface area contributed by atoms with Crippen LogP contribution in [0.2, 0.25) is 0 Å². The number of methoxy groups -OCH3 is 1. The fourth-order valence-electron chi connectivity index (χ4n) is 2.55. The van der Waals surface area contributed by atoms with Crippen molar-refractivity contribution in [2.75, 3.05) is 38.3 Å². The standard InChI is InChI=1S/C14H24N4O/c1-12-9-14(17-16-10-12)18-7-4-3-5-13(18)11-15-6-8-19-2/h9-10,13,15H,3-8,11H2,1-2H3. The molecule has 19 heavy (non-hydrogen) atoms. The van der Waals surface area contributed by atoms with Crippen LogP contribution in [0.4, 0.5) is 5.82 Å². The molecule has 106 valence electrons. The average molecular weight is 264 g/mol.